The van der Waals surface area contributed by atoms with Crippen molar-refractivity contribution in [3.8, 4) is 11.1 Å². The molecular formula is C26H21N3O5S. The van der Waals surface area contributed by atoms with E-state index in [1.54, 1.807) is 78.9 Å². The molecular weight excluding hydrogens is 466 g/mol. The maximum atomic E-state index is 12.5. The fourth-order valence-electron chi connectivity index (χ4n) is 3.43. The lowest BCUT2D eigenvalue weighted by molar-refractivity contribution is 0.102. The molecule has 8 nitrogen and oxygen atoms in total. The molecule has 0 atom stereocenters. The molecule has 0 aliphatic heterocycles. The molecule has 0 fully saturated rings. The van der Waals surface area contributed by atoms with Crippen molar-refractivity contribution < 1.29 is 22.6 Å². The van der Waals surface area contributed by atoms with Crippen LogP contribution in [0.15, 0.2) is 108 Å². The highest BCUT2D eigenvalue weighted by molar-refractivity contribution is 7.86. The van der Waals surface area contributed by atoms with Crippen LogP contribution in [-0.4, -0.2) is 24.9 Å². The van der Waals surface area contributed by atoms with E-state index >= 15 is 0 Å². The molecule has 9 heteroatoms. The predicted octanol–water partition coefficient (Wildman–Crippen LogP) is 5.50. The molecule has 4 aromatic carbocycles. The van der Waals surface area contributed by atoms with Gasteiger partial charge < -0.3 is 16.0 Å². The number of anilines is 3. The number of para-hydroxylation sites is 1. The maximum Gasteiger partial charge on any atom is 0.323 e. The van der Waals surface area contributed by atoms with Crippen LogP contribution < -0.4 is 16.0 Å². The highest BCUT2D eigenvalue weighted by Crippen LogP contribution is 2.32. The molecule has 3 amide bonds. The highest BCUT2D eigenvalue weighted by atomic mass is 32.2. The summed E-state index contributed by atoms with van der Waals surface area (Å²) in [6, 6.07) is 27.5. The Kier molecular flexibility index (Phi) is 6.91. The second kappa shape index (κ2) is 10.2. The van der Waals surface area contributed by atoms with E-state index in [1.165, 1.54) is 18.2 Å². The lowest BCUT2D eigenvalue weighted by Gasteiger charge is -2.13. The number of hydrogen-bond donors (Lipinski definition) is 4. The molecule has 4 rings (SSSR count). The number of benzene rings is 4. The number of carbonyl (C=O) groups is 2. The third-order valence-corrected chi connectivity index (χ3v) is 5.93. The second-order valence-electron chi connectivity index (χ2n) is 7.53. The zero-order chi connectivity index (χ0) is 24.8. The topological polar surface area (TPSA) is 125 Å². The first-order chi connectivity index (χ1) is 16.8. The Hall–Kier alpha value is -4.47. The standard InChI is InChI=1S/C26H21N3O5S/c30-25(18-8-3-1-4-9-18)27-22-14-15-24(35(32,33)34)23(17-22)19-10-7-13-21(16-19)29-26(31)28-20-11-5-2-6-12-20/h1-17H,(H,27,30)(H2,28,29,31)(H,32,33,34). The van der Waals surface area contributed by atoms with Gasteiger partial charge in [-0.3, -0.25) is 9.35 Å². The van der Waals surface area contributed by atoms with E-state index in [0.717, 1.165) is 0 Å². The number of amides is 3. The van der Waals surface area contributed by atoms with Crippen LogP contribution >= 0.6 is 0 Å². The molecule has 0 heterocycles. The zero-order valence-corrected chi connectivity index (χ0v) is 19.1. The largest absolute Gasteiger partial charge is 0.323 e. The second-order valence-corrected chi connectivity index (χ2v) is 8.92. The lowest BCUT2D eigenvalue weighted by atomic mass is 10.0. The van der Waals surface area contributed by atoms with Crippen LogP contribution in [0.4, 0.5) is 21.9 Å². The Morgan fingerprint density at radius 1 is 0.629 bits per heavy atom. The van der Waals surface area contributed by atoms with Gasteiger partial charge in [-0.25, -0.2) is 4.79 Å². The molecule has 0 bridgehead atoms. The Labute approximate surface area is 202 Å². The first kappa shape index (κ1) is 23.7. The summed E-state index contributed by atoms with van der Waals surface area (Å²) in [7, 11) is -4.57. The molecule has 4 aromatic rings. The summed E-state index contributed by atoms with van der Waals surface area (Å²) in [6.07, 6.45) is 0. The van der Waals surface area contributed by atoms with Crippen molar-refractivity contribution in [2.75, 3.05) is 16.0 Å². The number of rotatable bonds is 6. The van der Waals surface area contributed by atoms with Gasteiger partial charge in [-0.15, -0.1) is 0 Å². The summed E-state index contributed by atoms with van der Waals surface area (Å²) >= 11 is 0. The SMILES string of the molecule is O=C(Nc1ccccc1)Nc1cccc(-c2cc(NC(=O)c3ccccc3)ccc2S(=O)(=O)O)c1. The minimum atomic E-state index is -4.57. The van der Waals surface area contributed by atoms with Gasteiger partial charge in [0.2, 0.25) is 0 Å². The van der Waals surface area contributed by atoms with Crippen LogP contribution in [0.3, 0.4) is 0 Å². The van der Waals surface area contributed by atoms with Crippen LogP contribution in [-0.2, 0) is 10.1 Å². The molecule has 176 valence electrons. The van der Waals surface area contributed by atoms with E-state index < -0.39 is 16.1 Å². The maximum absolute atomic E-state index is 12.5. The van der Waals surface area contributed by atoms with Gasteiger partial charge in [-0.1, -0.05) is 48.5 Å². The van der Waals surface area contributed by atoms with Gasteiger partial charge in [0.25, 0.3) is 16.0 Å². The third-order valence-electron chi connectivity index (χ3n) is 5.01. The molecule has 0 aromatic heterocycles. The first-order valence-corrected chi connectivity index (χ1v) is 11.9. The van der Waals surface area contributed by atoms with Crippen molar-refractivity contribution in [2.24, 2.45) is 0 Å². The Bertz CT molecular complexity index is 1470. The van der Waals surface area contributed by atoms with Gasteiger partial charge >= 0.3 is 6.03 Å². The summed E-state index contributed by atoms with van der Waals surface area (Å²) in [5, 5.41) is 8.12. The van der Waals surface area contributed by atoms with Crippen molar-refractivity contribution in [3.05, 3.63) is 109 Å². The van der Waals surface area contributed by atoms with Crippen LogP contribution in [0.25, 0.3) is 11.1 Å². The Morgan fingerprint density at radius 3 is 1.91 bits per heavy atom. The van der Waals surface area contributed by atoms with Crippen LogP contribution in [0.5, 0.6) is 0 Å². The molecule has 0 spiro atoms. The first-order valence-electron chi connectivity index (χ1n) is 10.5. The van der Waals surface area contributed by atoms with Crippen molar-refractivity contribution >= 4 is 39.1 Å². The van der Waals surface area contributed by atoms with Crippen LogP contribution in [0, 0.1) is 0 Å². The molecule has 0 unspecified atom stereocenters. The lowest BCUT2D eigenvalue weighted by Crippen LogP contribution is -2.19. The minimum absolute atomic E-state index is 0.158. The average molecular weight is 488 g/mol. The summed E-state index contributed by atoms with van der Waals surface area (Å²) < 4.78 is 33.8. The van der Waals surface area contributed by atoms with Gasteiger partial charge in [0.05, 0.1) is 0 Å². The van der Waals surface area contributed by atoms with Gasteiger partial charge in [-0.05, 0) is 60.2 Å². The van der Waals surface area contributed by atoms with Gasteiger partial charge in [0.1, 0.15) is 4.90 Å². The number of carbonyl (C=O) groups excluding carboxylic acids is 2. The van der Waals surface area contributed by atoms with Gasteiger partial charge in [0, 0.05) is 28.2 Å². The average Bonchev–Trinajstić information content (AvgIpc) is 2.84. The summed E-state index contributed by atoms with van der Waals surface area (Å²) in [4.78, 5) is 24.6. The molecule has 35 heavy (non-hydrogen) atoms. The highest BCUT2D eigenvalue weighted by Gasteiger charge is 2.19. The van der Waals surface area contributed by atoms with Crippen molar-refractivity contribution in [1.29, 1.82) is 0 Å². The fraction of sp³-hybridized carbons (Fsp3) is 0. The zero-order valence-electron chi connectivity index (χ0n) is 18.3. The quantitative estimate of drug-likeness (QED) is 0.268. The van der Waals surface area contributed by atoms with Gasteiger partial charge in [0.15, 0.2) is 0 Å². The number of hydrogen-bond acceptors (Lipinski definition) is 4. The summed E-state index contributed by atoms with van der Waals surface area (Å²) in [5.41, 5.74) is 2.34. The summed E-state index contributed by atoms with van der Waals surface area (Å²) in [5.74, 6) is -0.371. The smallest absolute Gasteiger partial charge is 0.322 e. The van der Waals surface area contributed by atoms with E-state index in [2.05, 4.69) is 16.0 Å². The Morgan fingerprint density at radius 2 is 1.23 bits per heavy atom. The van der Waals surface area contributed by atoms with E-state index in [4.69, 9.17) is 0 Å². The van der Waals surface area contributed by atoms with Crippen molar-refractivity contribution in [1.82, 2.24) is 0 Å². The minimum Gasteiger partial charge on any atom is -0.322 e. The number of nitrogens with one attached hydrogen (secondary N) is 3. The van der Waals surface area contributed by atoms with E-state index in [-0.39, 0.29) is 16.4 Å². The normalized spacial score (nSPS) is 10.9. The monoisotopic (exact) mass is 487 g/mol. The predicted molar refractivity (Wildman–Crippen MR) is 135 cm³/mol. The summed E-state index contributed by atoms with van der Waals surface area (Å²) in [6.45, 7) is 0. The Balaban J connectivity index is 1.62. The van der Waals surface area contributed by atoms with Crippen LogP contribution in [0.2, 0.25) is 0 Å². The molecule has 0 aliphatic carbocycles. The van der Waals surface area contributed by atoms with Crippen LogP contribution in [0.1, 0.15) is 10.4 Å². The van der Waals surface area contributed by atoms with E-state index in [0.29, 0.717) is 28.2 Å². The molecule has 0 saturated carbocycles. The molecule has 4 N–H and O–H groups in total. The van der Waals surface area contributed by atoms with Crippen molar-refractivity contribution in [3.63, 3.8) is 0 Å². The number of urea groups is 1. The molecule has 0 aliphatic rings. The van der Waals surface area contributed by atoms with E-state index in [9.17, 15) is 22.6 Å². The third kappa shape index (κ3) is 6.11. The fourth-order valence-corrected chi connectivity index (χ4v) is 4.13. The van der Waals surface area contributed by atoms with E-state index in [1.807, 2.05) is 6.07 Å². The molecule has 0 radical (unpaired) electrons. The van der Waals surface area contributed by atoms with Crippen molar-refractivity contribution in [2.45, 2.75) is 4.90 Å². The molecule has 0 saturated heterocycles. The van der Waals surface area contributed by atoms with Gasteiger partial charge in [-0.2, -0.15) is 8.42 Å².